The van der Waals surface area contributed by atoms with Crippen LogP contribution in [0.15, 0.2) is 18.3 Å². The summed E-state index contributed by atoms with van der Waals surface area (Å²) in [5, 5.41) is 0. The highest BCUT2D eigenvalue weighted by Crippen LogP contribution is 2.18. The number of rotatable bonds is 2. The van der Waals surface area contributed by atoms with E-state index >= 15 is 0 Å². The average Bonchev–Trinajstić information content (AvgIpc) is 2.71. The highest BCUT2D eigenvalue weighted by Gasteiger charge is 2.13. The van der Waals surface area contributed by atoms with Crippen LogP contribution in [0.1, 0.15) is 31.4 Å². The second-order valence-electron chi connectivity index (χ2n) is 3.93. The fraction of sp³-hybridized carbons (Fsp3) is 0.545. The van der Waals surface area contributed by atoms with Gasteiger partial charge in [-0.1, -0.05) is 6.07 Å². The molecule has 2 heterocycles. The van der Waals surface area contributed by atoms with Gasteiger partial charge in [0.25, 0.3) is 0 Å². The largest absolute Gasteiger partial charge is 0.357 e. The first-order valence-electron chi connectivity index (χ1n) is 5.24. The number of nitrogens with two attached hydrogens (primary N) is 1. The molecule has 3 nitrogen and oxygen atoms in total. The first-order chi connectivity index (χ1) is 6.77. The Hall–Kier alpha value is -1.09. The molecule has 1 aliphatic heterocycles. The molecule has 3 heteroatoms. The summed E-state index contributed by atoms with van der Waals surface area (Å²) in [4.78, 5) is 6.75. The van der Waals surface area contributed by atoms with Crippen molar-refractivity contribution >= 4 is 5.82 Å². The predicted molar refractivity (Wildman–Crippen MR) is 58.3 cm³/mol. The van der Waals surface area contributed by atoms with Gasteiger partial charge in [-0.3, -0.25) is 0 Å². The maximum absolute atomic E-state index is 5.76. The summed E-state index contributed by atoms with van der Waals surface area (Å²) in [6, 6.07) is 4.23. The fourth-order valence-corrected chi connectivity index (χ4v) is 1.80. The number of nitrogens with zero attached hydrogens (tertiary/aromatic N) is 2. The Kier molecular flexibility index (Phi) is 2.68. The summed E-state index contributed by atoms with van der Waals surface area (Å²) in [6.07, 6.45) is 4.46. The molecule has 1 fully saturated rings. The van der Waals surface area contributed by atoms with Gasteiger partial charge in [0.05, 0.1) is 0 Å². The molecule has 0 aliphatic carbocycles. The molecule has 2 rings (SSSR count). The van der Waals surface area contributed by atoms with Crippen LogP contribution in [0.2, 0.25) is 0 Å². The van der Waals surface area contributed by atoms with Crippen LogP contribution in [-0.4, -0.2) is 18.1 Å². The molecule has 1 aromatic heterocycles. The maximum atomic E-state index is 5.76. The maximum Gasteiger partial charge on any atom is 0.128 e. The van der Waals surface area contributed by atoms with Crippen molar-refractivity contribution in [3.05, 3.63) is 23.9 Å². The summed E-state index contributed by atoms with van der Waals surface area (Å²) >= 11 is 0. The van der Waals surface area contributed by atoms with Gasteiger partial charge in [0.2, 0.25) is 0 Å². The second-order valence-corrected chi connectivity index (χ2v) is 3.93. The lowest BCUT2D eigenvalue weighted by Gasteiger charge is -2.16. The minimum Gasteiger partial charge on any atom is -0.357 e. The average molecular weight is 191 g/mol. The third-order valence-electron chi connectivity index (χ3n) is 2.73. The second kappa shape index (κ2) is 3.96. The van der Waals surface area contributed by atoms with Crippen molar-refractivity contribution in [2.24, 2.45) is 5.73 Å². The number of aromatic nitrogens is 1. The van der Waals surface area contributed by atoms with Gasteiger partial charge in [-0.15, -0.1) is 0 Å². The van der Waals surface area contributed by atoms with Crippen LogP contribution in [-0.2, 0) is 0 Å². The molecule has 1 aliphatic rings. The van der Waals surface area contributed by atoms with E-state index in [2.05, 4.69) is 22.0 Å². The van der Waals surface area contributed by atoms with E-state index in [9.17, 15) is 0 Å². The van der Waals surface area contributed by atoms with Gasteiger partial charge in [0.1, 0.15) is 5.82 Å². The molecule has 0 unspecified atom stereocenters. The molecule has 0 radical (unpaired) electrons. The molecule has 0 amide bonds. The van der Waals surface area contributed by atoms with Crippen LogP contribution >= 0.6 is 0 Å². The number of anilines is 1. The van der Waals surface area contributed by atoms with E-state index in [4.69, 9.17) is 5.73 Å². The predicted octanol–water partition coefficient (Wildman–Crippen LogP) is 1.70. The van der Waals surface area contributed by atoms with Crippen molar-refractivity contribution in [1.82, 2.24) is 4.98 Å². The first-order valence-corrected chi connectivity index (χ1v) is 5.24. The van der Waals surface area contributed by atoms with Crippen LogP contribution in [0, 0.1) is 0 Å². The summed E-state index contributed by atoms with van der Waals surface area (Å²) in [6.45, 7) is 4.27. The minimum absolute atomic E-state index is 0.0788. The van der Waals surface area contributed by atoms with Crippen molar-refractivity contribution in [3.63, 3.8) is 0 Å². The Bertz CT molecular complexity index is 286. The van der Waals surface area contributed by atoms with E-state index < -0.39 is 0 Å². The zero-order chi connectivity index (χ0) is 9.97. The van der Waals surface area contributed by atoms with Crippen LogP contribution < -0.4 is 10.6 Å². The standard InChI is InChI=1S/C11H17N3/c1-9(12)10-4-5-11(13-8-10)14-6-2-3-7-14/h4-5,8-9H,2-3,6-7,12H2,1H3/t9-/m1/s1. The SMILES string of the molecule is C[C@@H](N)c1ccc(N2CCCC2)nc1. The van der Waals surface area contributed by atoms with Gasteiger partial charge < -0.3 is 10.6 Å². The highest BCUT2D eigenvalue weighted by molar-refractivity contribution is 5.40. The Labute approximate surface area is 84.9 Å². The number of hydrogen-bond acceptors (Lipinski definition) is 3. The minimum atomic E-state index is 0.0788. The van der Waals surface area contributed by atoms with E-state index in [1.807, 2.05) is 13.1 Å². The molecular formula is C11H17N3. The Morgan fingerprint density at radius 1 is 1.36 bits per heavy atom. The topological polar surface area (TPSA) is 42.1 Å². The third kappa shape index (κ3) is 1.87. The van der Waals surface area contributed by atoms with E-state index in [0.29, 0.717) is 0 Å². The van der Waals surface area contributed by atoms with Crippen LogP contribution in [0.5, 0.6) is 0 Å². The number of pyridine rings is 1. The highest BCUT2D eigenvalue weighted by atomic mass is 15.2. The molecule has 2 N–H and O–H groups in total. The van der Waals surface area contributed by atoms with Crippen molar-refractivity contribution in [2.45, 2.75) is 25.8 Å². The van der Waals surface area contributed by atoms with Gasteiger partial charge in [0, 0.05) is 25.3 Å². The molecule has 0 bridgehead atoms. The van der Waals surface area contributed by atoms with E-state index in [0.717, 1.165) is 24.5 Å². The Morgan fingerprint density at radius 2 is 2.07 bits per heavy atom. The fourth-order valence-electron chi connectivity index (χ4n) is 1.80. The Balaban J connectivity index is 2.12. The molecule has 76 valence electrons. The zero-order valence-electron chi connectivity index (χ0n) is 8.61. The lowest BCUT2D eigenvalue weighted by atomic mass is 10.1. The van der Waals surface area contributed by atoms with Crippen LogP contribution in [0.4, 0.5) is 5.82 Å². The molecule has 0 aromatic carbocycles. The van der Waals surface area contributed by atoms with Gasteiger partial charge in [-0.05, 0) is 31.4 Å². The van der Waals surface area contributed by atoms with Crippen LogP contribution in [0.25, 0.3) is 0 Å². The van der Waals surface area contributed by atoms with Gasteiger partial charge in [-0.2, -0.15) is 0 Å². The monoisotopic (exact) mass is 191 g/mol. The molecule has 0 spiro atoms. The van der Waals surface area contributed by atoms with E-state index in [1.165, 1.54) is 12.8 Å². The van der Waals surface area contributed by atoms with Gasteiger partial charge in [-0.25, -0.2) is 4.98 Å². The van der Waals surface area contributed by atoms with Gasteiger partial charge in [0.15, 0.2) is 0 Å². The van der Waals surface area contributed by atoms with Gasteiger partial charge >= 0.3 is 0 Å². The lowest BCUT2D eigenvalue weighted by Crippen LogP contribution is -2.19. The molecular weight excluding hydrogens is 174 g/mol. The van der Waals surface area contributed by atoms with Crippen molar-refractivity contribution in [2.75, 3.05) is 18.0 Å². The molecule has 0 saturated carbocycles. The molecule has 1 atom stereocenters. The van der Waals surface area contributed by atoms with E-state index in [-0.39, 0.29) is 6.04 Å². The van der Waals surface area contributed by atoms with E-state index in [1.54, 1.807) is 0 Å². The van der Waals surface area contributed by atoms with Crippen LogP contribution in [0.3, 0.4) is 0 Å². The number of hydrogen-bond donors (Lipinski definition) is 1. The smallest absolute Gasteiger partial charge is 0.128 e. The molecule has 14 heavy (non-hydrogen) atoms. The first kappa shape index (κ1) is 9.46. The third-order valence-corrected chi connectivity index (χ3v) is 2.73. The summed E-state index contributed by atoms with van der Waals surface area (Å²) < 4.78 is 0. The van der Waals surface area contributed by atoms with Crippen molar-refractivity contribution in [1.29, 1.82) is 0 Å². The zero-order valence-corrected chi connectivity index (χ0v) is 8.61. The normalized spacial score (nSPS) is 18.6. The Morgan fingerprint density at radius 3 is 2.57 bits per heavy atom. The van der Waals surface area contributed by atoms with Crippen molar-refractivity contribution < 1.29 is 0 Å². The van der Waals surface area contributed by atoms with Crippen molar-refractivity contribution in [3.8, 4) is 0 Å². The molecule has 1 aromatic rings. The summed E-state index contributed by atoms with van der Waals surface area (Å²) in [7, 11) is 0. The molecule has 1 saturated heterocycles. The summed E-state index contributed by atoms with van der Waals surface area (Å²) in [5.41, 5.74) is 6.87. The lowest BCUT2D eigenvalue weighted by molar-refractivity contribution is 0.808. The quantitative estimate of drug-likeness (QED) is 0.773. The summed E-state index contributed by atoms with van der Waals surface area (Å²) in [5.74, 6) is 1.09.